The number of benzene rings is 1. The quantitative estimate of drug-likeness (QED) is 0.338. The maximum atomic E-state index is 11.8. The minimum atomic E-state index is -0.933. The second-order valence-corrected chi connectivity index (χ2v) is 13.0. The molecule has 1 saturated carbocycles. The van der Waals surface area contributed by atoms with Crippen LogP contribution in [-0.4, -0.2) is 58.7 Å². The molecule has 1 heterocycles. The highest BCUT2D eigenvalue weighted by atomic mass is 16.5. The van der Waals surface area contributed by atoms with Crippen LogP contribution in [0.5, 0.6) is 11.5 Å². The first-order valence-electron chi connectivity index (χ1n) is 14.5. The summed E-state index contributed by atoms with van der Waals surface area (Å²) < 4.78 is 12.8. The van der Waals surface area contributed by atoms with Crippen LogP contribution in [-0.2, 0) is 11.2 Å². The number of hydrogen-bond acceptors (Lipinski definition) is 5. The van der Waals surface area contributed by atoms with Crippen molar-refractivity contribution in [3.05, 3.63) is 36.4 Å². The Morgan fingerprint density at radius 2 is 1.95 bits per heavy atom. The van der Waals surface area contributed by atoms with Gasteiger partial charge in [-0.25, -0.2) is 0 Å². The standard InChI is InChI=1S/C32H53NO4/c1-9-10-18-33-19-16-23(2)20-26(33)21-25-14-15-27(34)28(22-25)37-24(3)32(36-8)17-12-11-13-29(32)31(7,35)30(4,5)6/h9,14-15,22-24,26,29,34-35H,1,10-13,16-21H2,2-8H3/t23-,24-,26+,29-,31+,32+/m1/s1. The zero-order valence-corrected chi connectivity index (χ0v) is 24.6. The Balaban J connectivity index is 1.84. The lowest BCUT2D eigenvalue weighted by molar-refractivity contribution is -0.218. The number of aliphatic hydroxyl groups is 1. The average molecular weight is 516 g/mol. The number of nitrogens with zero attached hydrogens (tertiary/aromatic N) is 1. The van der Waals surface area contributed by atoms with Crippen molar-refractivity contribution >= 4 is 0 Å². The lowest BCUT2D eigenvalue weighted by Crippen LogP contribution is -2.63. The van der Waals surface area contributed by atoms with Crippen molar-refractivity contribution in [2.75, 3.05) is 20.2 Å². The third kappa shape index (κ3) is 6.54. The molecule has 0 spiro atoms. The molecule has 1 saturated heterocycles. The summed E-state index contributed by atoms with van der Waals surface area (Å²) in [6.07, 6.45) is 9.84. The van der Waals surface area contributed by atoms with Gasteiger partial charge in [-0.3, -0.25) is 4.90 Å². The Kier molecular flexibility index (Phi) is 9.80. The van der Waals surface area contributed by atoms with E-state index in [1.807, 2.05) is 32.1 Å². The molecule has 0 bridgehead atoms. The van der Waals surface area contributed by atoms with Gasteiger partial charge < -0.3 is 19.7 Å². The van der Waals surface area contributed by atoms with Crippen LogP contribution < -0.4 is 4.74 Å². The van der Waals surface area contributed by atoms with Gasteiger partial charge in [-0.2, -0.15) is 0 Å². The molecular formula is C32H53NO4. The predicted octanol–water partition coefficient (Wildman–Crippen LogP) is 6.75. The highest BCUT2D eigenvalue weighted by Crippen LogP contribution is 2.51. The molecule has 0 radical (unpaired) electrons. The van der Waals surface area contributed by atoms with Crippen LogP contribution in [0.2, 0.25) is 0 Å². The summed E-state index contributed by atoms with van der Waals surface area (Å²) in [5.41, 5.74) is -0.708. The molecule has 2 fully saturated rings. The van der Waals surface area contributed by atoms with E-state index in [1.54, 1.807) is 13.2 Å². The summed E-state index contributed by atoms with van der Waals surface area (Å²) >= 11 is 0. The van der Waals surface area contributed by atoms with Gasteiger partial charge in [-0.05, 0) is 87.9 Å². The SMILES string of the molecule is C=CCCN1CC[C@@H](C)C[C@H]1Cc1ccc(O)c(O[C@H](C)[C@@]2(OC)CCCC[C@@H]2[C@](C)(O)C(C)(C)C)c1. The molecule has 1 aliphatic heterocycles. The molecule has 210 valence electrons. The summed E-state index contributed by atoms with van der Waals surface area (Å²) in [4.78, 5) is 2.60. The number of phenolic OH excluding ortho intramolecular Hbond substituents is 1. The van der Waals surface area contributed by atoms with E-state index in [1.165, 1.54) is 18.4 Å². The van der Waals surface area contributed by atoms with E-state index in [0.717, 1.165) is 57.5 Å². The summed E-state index contributed by atoms with van der Waals surface area (Å²) in [5.74, 6) is 1.29. The van der Waals surface area contributed by atoms with Gasteiger partial charge in [0.25, 0.3) is 0 Å². The molecule has 0 amide bonds. The summed E-state index contributed by atoms with van der Waals surface area (Å²) in [6, 6.07) is 6.28. The number of rotatable bonds is 10. The van der Waals surface area contributed by atoms with Crippen molar-refractivity contribution < 1.29 is 19.7 Å². The van der Waals surface area contributed by atoms with Gasteiger partial charge in [-0.15, -0.1) is 6.58 Å². The van der Waals surface area contributed by atoms with E-state index >= 15 is 0 Å². The van der Waals surface area contributed by atoms with Crippen molar-refractivity contribution in [3.63, 3.8) is 0 Å². The Bertz CT molecular complexity index is 891. The van der Waals surface area contributed by atoms with Crippen molar-refractivity contribution in [2.24, 2.45) is 17.3 Å². The molecule has 5 nitrogen and oxygen atoms in total. The van der Waals surface area contributed by atoms with Crippen molar-refractivity contribution in [2.45, 2.75) is 116 Å². The Labute approximate surface area is 226 Å². The van der Waals surface area contributed by atoms with E-state index in [2.05, 4.69) is 39.2 Å². The van der Waals surface area contributed by atoms with E-state index in [0.29, 0.717) is 11.8 Å². The molecule has 0 unspecified atom stereocenters. The number of methoxy groups -OCH3 is 1. The summed E-state index contributed by atoms with van der Waals surface area (Å²) in [5, 5.41) is 22.5. The van der Waals surface area contributed by atoms with Crippen molar-refractivity contribution in [1.29, 1.82) is 0 Å². The maximum absolute atomic E-state index is 11.8. The number of piperidine rings is 1. The third-order valence-corrected chi connectivity index (χ3v) is 9.68. The Hall–Kier alpha value is -1.56. The minimum absolute atomic E-state index is 0.0822. The molecule has 1 aliphatic carbocycles. The molecule has 5 heteroatoms. The topological polar surface area (TPSA) is 62.2 Å². The first-order valence-corrected chi connectivity index (χ1v) is 14.5. The van der Waals surface area contributed by atoms with Crippen LogP contribution in [0.1, 0.15) is 92.1 Å². The first kappa shape index (κ1) is 30.0. The molecule has 6 atom stereocenters. The number of hydrogen-bond donors (Lipinski definition) is 2. The van der Waals surface area contributed by atoms with E-state index in [-0.39, 0.29) is 23.2 Å². The Morgan fingerprint density at radius 1 is 1.22 bits per heavy atom. The molecule has 3 rings (SSSR count). The lowest BCUT2D eigenvalue weighted by atomic mass is 9.58. The second kappa shape index (κ2) is 12.1. The van der Waals surface area contributed by atoms with Crippen molar-refractivity contribution in [3.8, 4) is 11.5 Å². The van der Waals surface area contributed by atoms with Gasteiger partial charge in [0.05, 0.1) is 5.60 Å². The zero-order valence-electron chi connectivity index (χ0n) is 24.6. The lowest BCUT2D eigenvalue weighted by Gasteiger charge is -2.55. The van der Waals surface area contributed by atoms with E-state index in [9.17, 15) is 10.2 Å². The van der Waals surface area contributed by atoms with E-state index < -0.39 is 11.2 Å². The molecule has 0 aromatic heterocycles. The van der Waals surface area contributed by atoms with Crippen LogP contribution in [0.4, 0.5) is 0 Å². The summed E-state index contributed by atoms with van der Waals surface area (Å²) in [7, 11) is 1.75. The fraction of sp³-hybridized carbons (Fsp3) is 0.750. The van der Waals surface area contributed by atoms with Crippen LogP contribution in [0.15, 0.2) is 30.9 Å². The van der Waals surface area contributed by atoms with Gasteiger partial charge >= 0.3 is 0 Å². The Morgan fingerprint density at radius 3 is 2.59 bits per heavy atom. The van der Waals surface area contributed by atoms with Crippen LogP contribution in [0, 0.1) is 17.3 Å². The normalized spacial score (nSPS) is 29.9. The highest BCUT2D eigenvalue weighted by Gasteiger charge is 2.57. The molecule has 2 N–H and O–H groups in total. The van der Waals surface area contributed by atoms with Crippen molar-refractivity contribution in [1.82, 2.24) is 4.90 Å². The highest BCUT2D eigenvalue weighted by molar-refractivity contribution is 5.42. The smallest absolute Gasteiger partial charge is 0.161 e. The van der Waals surface area contributed by atoms with Crippen LogP contribution >= 0.6 is 0 Å². The number of phenols is 1. The maximum Gasteiger partial charge on any atom is 0.161 e. The monoisotopic (exact) mass is 515 g/mol. The molecular weight excluding hydrogens is 462 g/mol. The number of likely N-dealkylation sites (tertiary alicyclic amines) is 1. The largest absolute Gasteiger partial charge is 0.504 e. The fourth-order valence-electron chi connectivity index (χ4n) is 6.75. The predicted molar refractivity (Wildman–Crippen MR) is 152 cm³/mol. The third-order valence-electron chi connectivity index (χ3n) is 9.68. The first-order chi connectivity index (χ1) is 17.4. The molecule has 1 aromatic rings. The molecule has 1 aromatic carbocycles. The van der Waals surface area contributed by atoms with Gasteiger partial charge in [0, 0.05) is 25.6 Å². The van der Waals surface area contributed by atoms with E-state index in [4.69, 9.17) is 9.47 Å². The van der Waals surface area contributed by atoms with Gasteiger partial charge in [-0.1, -0.05) is 52.7 Å². The molecule has 2 aliphatic rings. The fourth-order valence-corrected chi connectivity index (χ4v) is 6.75. The molecule has 37 heavy (non-hydrogen) atoms. The number of ether oxygens (including phenoxy) is 2. The minimum Gasteiger partial charge on any atom is -0.504 e. The zero-order chi connectivity index (χ0) is 27.4. The van der Waals surface area contributed by atoms with Gasteiger partial charge in [0.1, 0.15) is 11.7 Å². The van der Waals surface area contributed by atoms with Crippen LogP contribution in [0.3, 0.4) is 0 Å². The van der Waals surface area contributed by atoms with Gasteiger partial charge in [0.15, 0.2) is 11.5 Å². The summed E-state index contributed by atoms with van der Waals surface area (Å²) in [6.45, 7) is 18.7. The van der Waals surface area contributed by atoms with Crippen LogP contribution in [0.25, 0.3) is 0 Å². The van der Waals surface area contributed by atoms with Gasteiger partial charge in [0.2, 0.25) is 0 Å². The number of aromatic hydroxyl groups is 1. The average Bonchev–Trinajstić information content (AvgIpc) is 2.84. The second-order valence-electron chi connectivity index (χ2n) is 13.0.